The lowest BCUT2D eigenvalue weighted by atomic mass is 10.2. The zero-order chi connectivity index (χ0) is 14.5. The van der Waals surface area contributed by atoms with Crippen LogP contribution in [0.5, 0.6) is 11.5 Å². The van der Waals surface area contributed by atoms with E-state index >= 15 is 0 Å². The van der Waals surface area contributed by atoms with Crippen molar-refractivity contribution >= 4 is 15.9 Å². The summed E-state index contributed by atoms with van der Waals surface area (Å²) in [4.78, 5) is 0. The summed E-state index contributed by atoms with van der Waals surface area (Å²) in [6.45, 7) is 8.50. The first-order valence-corrected chi connectivity index (χ1v) is 8.20. The maximum absolute atomic E-state index is 5.88. The molecule has 0 unspecified atom stereocenters. The highest BCUT2D eigenvalue weighted by atomic mass is 79.9. The predicted octanol–water partition coefficient (Wildman–Crippen LogP) is 4.13. The standard InChI is InChI=1S/C16H24BrNO2/c1-4-19-15-8-12(9-18-13-5-6-13)7-14(17)16(15)20-10-11(2)3/h7-8,11,13,18H,4-6,9-10H2,1-3H3. The van der Waals surface area contributed by atoms with Gasteiger partial charge in [0.1, 0.15) is 0 Å². The van der Waals surface area contributed by atoms with Crippen LogP contribution in [-0.4, -0.2) is 19.3 Å². The minimum absolute atomic E-state index is 0.493. The van der Waals surface area contributed by atoms with Gasteiger partial charge in [-0.1, -0.05) is 13.8 Å². The van der Waals surface area contributed by atoms with Gasteiger partial charge in [0.2, 0.25) is 0 Å². The molecule has 112 valence electrons. The van der Waals surface area contributed by atoms with E-state index in [0.29, 0.717) is 25.2 Å². The molecule has 1 aromatic carbocycles. The van der Waals surface area contributed by atoms with E-state index in [1.54, 1.807) is 0 Å². The van der Waals surface area contributed by atoms with Gasteiger partial charge in [-0.3, -0.25) is 0 Å². The molecular weight excluding hydrogens is 318 g/mol. The van der Waals surface area contributed by atoms with Gasteiger partial charge in [0.25, 0.3) is 0 Å². The van der Waals surface area contributed by atoms with Gasteiger partial charge in [-0.2, -0.15) is 0 Å². The lowest BCUT2D eigenvalue weighted by Crippen LogP contribution is -2.15. The zero-order valence-electron chi connectivity index (χ0n) is 12.5. The number of rotatable bonds is 8. The van der Waals surface area contributed by atoms with E-state index in [0.717, 1.165) is 22.5 Å². The Balaban J connectivity index is 2.11. The Hall–Kier alpha value is -0.740. The molecule has 1 aliphatic carbocycles. The molecule has 0 aromatic heterocycles. The van der Waals surface area contributed by atoms with Crippen molar-refractivity contribution in [3.63, 3.8) is 0 Å². The van der Waals surface area contributed by atoms with Gasteiger partial charge < -0.3 is 14.8 Å². The fraction of sp³-hybridized carbons (Fsp3) is 0.625. The van der Waals surface area contributed by atoms with Gasteiger partial charge in [-0.25, -0.2) is 0 Å². The molecule has 1 aromatic rings. The van der Waals surface area contributed by atoms with Crippen LogP contribution >= 0.6 is 15.9 Å². The van der Waals surface area contributed by atoms with E-state index in [2.05, 4.69) is 47.2 Å². The maximum Gasteiger partial charge on any atom is 0.175 e. The molecule has 0 spiro atoms. The zero-order valence-corrected chi connectivity index (χ0v) is 14.1. The molecule has 3 nitrogen and oxygen atoms in total. The highest BCUT2D eigenvalue weighted by Crippen LogP contribution is 2.37. The summed E-state index contributed by atoms with van der Waals surface area (Å²) in [6.07, 6.45) is 2.60. The van der Waals surface area contributed by atoms with Crippen LogP contribution in [0.25, 0.3) is 0 Å². The largest absolute Gasteiger partial charge is 0.490 e. The predicted molar refractivity (Wildman–Crippen MR) is 85.5 cm³/mol. The molecule has 2 rings (SSSR count). The van der Waals surface area contributed by atoms with Crippen LogP contribution in [0.1, 0.15) is 39.2 Å². The van der Waals surface area contributed by atoms with Gasteiger partial charge in [0.05, 0.1) is 17.7 Å². The Labute approximate surface area is 130 Å². The Bertz CT molecular complexity index is 444. The number of benzene rings is 1. The lowest BCUT2D eigenvalue weighted by Gasteiger charge is -2.16. The van der Waals surface area contributed by atoms with Gasteiger partial charge in [0, 0.05) is 12.6 Å². The van der Waals surface area contributed by atoms with Crippen molar-refractivity contribution in [3.05, 3.63) is 22.2 Å². The summed E-state index contributed by atoms with van der Waals surface area (Å²) in [6, 6.07) is 4.91. The fourth-order valence-corrected chi connectivity index (χ4v) is 2.53. The average molecular weight is 342 g/mol. The molecule has 0 saturated heterocycles. The molecule has 0 atom stereocenters. The maximum atomic E-state index is 5.88. The molecule has 1 saturated carbocycles. The molecule has 0 bridgehead atoms. The van der Waals surface area contributed by atoms with Crippen LogP contribution in [0.4, 0.5) is 0 Å². The van der Waals surface area contributed by atoms with E-state index < -0.39 is 0 Å². The van der Waals surface area contributed by atoms with E-state index in [9.17, 15) is 0 Å². The van der Waals surface area contributed by atoms with Crippen molar-refractivity contribution in [2.45, 2.75) is 46.2 Å². The molecule has 0 aliphatic heterocycles. The average Bonchev–Trinajstić information content (AvgIpc) is 3.19. The summed E-state index contributed by atoms with van der Waals surface area (Å²) < 4.78 is 12.6. The summed E-state index contributed by atoms with van der Waals surface area (Å²) in [7, 11) is 0. The third-order valence-electron chi connectivity index (χ3n) is 3.10. The first-order chi connectivity index (χ1) is 9.60. The molecule has 0 amide bonds. The normalized spacial score (nSPS) is 14.7. The van der Waals surface area contributed by atoms with Crippen LogP contribution in [0.2, 0.25) is 0 Å². The molecule has 4 heteroatoms. The summed E-state index contributed by atoms with van der Waals surface area (Å²) in [5, 5.41) is 3.52. The minimum atomic E-state index is 0.493. The number of hydrogen-bond acceptors (Lipinski definition) is 3. The van der Waals surface area contributed by atoms with E-state index in [1.807, 2.05) is 6.92 Å². The molecule has 20 heavy (non-hydrogen) atoms. The van der Waals surface area contributed by atoms with Gasteiger partial charge in [-0.05, 0) is 59.3 Å². The minimum Gasteiger partial charge on any atom is -0.490 e. The van der Waals surface area contributed by atoms with Crippen molar-refractivity contribution < 1.29 is 9.47 Å². The summed E-state index contributed by atoms with van der Waals surface area (Å²) in [5.74, 6) is 2.14. The van der Waals surface area contributed by atoms with Gasteiger partial charge >= 0.3 is 0 Å². The quantitative estimate of drug-likeness (QED) is 0.770. The van der Waals surface area contributed by atoms with Crippen molar-refractivity contribution in [2.24, 2.45) is 5.92 Å². The van der Waals surface area contributed by atoms with Crippen LogP contribution in [0, 0.1) is 5.92 Å². The number of nitrogens with one attached hydrogen (secondary N) is 1. The van der Waals surface area contributed by atoms with Gasteiger partial charge in [-0.15, -0.1) is 0 Å². The lowest BCUT2D eigenvalue weighted by molar-refractivity contribution is 0.246. The molecule has 0 heterocycles. The first-order valence-electron chi connectivity index (χ1n) is 7.41. The van der Waals surface area contributed by atoms with E-state index in [1.165, 1.54) is 18.4 Å². The molecule has 1 aliphatic rings. The third-order valence-corrected chi connectivity index (χ3v) is 3.69. The summed E-state index contributed by atoms with van der Waals surface area (Å²) in [5.41, 5.74) is 1.23. The van der Waals surface area contributed by atoms with Crippen molar-refractivity contribution in [1.29, 1.82) is 0 Å². The number of hydrogen-bond donors (Lipinski definition) is 1. The Morgan fingerprint density at radius 1 is 1.30 bits per heavy atom. The Morgan fingerprint density at radius 3 is 2.65 bits per heavy atom. The monoisotopic (exact) mass is 341 g/mol. The second kappa shape index (κ2) is 7.32. The Morgan fingerprint density at radius 2 is 2.05 bits per heavy atom. The third kappa shape index (κ3) is 4.67. The van der Waals surface area contributed by atoms with Gasteiger partial charge in [0.15, 0.2) is 11.5 Å². The SMILES string of the molecule is CCOc1cc(CNC2CC2)cc(Br)c1OCC(C)C. The fourth-order valence-electron chi connectivity index (χ4n) is 1.93. The topological polar surface area (TPSA) is 30.5 Å². The number of ether oxygens (including phenoxy) is 2. The van der Waals surface area contributed by atoms with Crippen molar-refractivity contribution in [1.82, 2.24) is 5.32 Å². The second-order valence-electron chi connectivity index (χ2n) is 5.70. The van der Waals surface area contributed by atoms with E-state index in [-0.39, 0.29) is 0 Å². The molecule has 1 fully saturated rings. The van der Waals surface area contributed by atoms with Crippen molar-refractivity contribution in [2.75, 3.05) is 13.2 Å². The highest BCUT2D eigenvalue weighted by Gasteiger charge is 2.20. The Kier molecular flexibility index (Phi) is 5.73. The van der Waals surface area contributed by atoms with Crippen LogP contribution in [0.3, 0.4) is 0 Å². The summed E-state index contributed by atoms with van der Waals surface area (Å²) >= 11 is 3.61. The van der Waals surface area contributed by atoms with Crippen LogP contribution in [-0.2, 0) is 6.54 Å². The second-order valence-corrected chi connectivity index (χ2v) is 6.55. The molecule has 1 N–H and O–H groups in total. The van der Waals surface area contributed by atoms with Crippen LogP contribution in [0.15, 0.2) is 16.6 Å². The van der Waals surface area contributed by atoms with Crippen molar-refractivity contribution in [3.8, 4) is 11.5 Å². The molecule has 0 radical (unpaired) electrons. The van der Waals surface area contributed by atoms with Crippen LogP contribution < -0.4 is 14.8 Å². The first kappa shape index (κ1) is 15.6. The smallest absolute Gasteiger partial charge is 0.175 e. The highest BCUT2D eigenvalue weighted by molar-refractivity contribution is 9.10. The van der Waals surface area contributed by atoms with E-state index in [4.69, 9.17) is 9.47 Å². The molecular formula is C16H24BrNO2. The number of halogens is 1.